The van der Waals surface area contributed by atoms with Crippen LogP contribution in [0.5, 0.6) is 5.88 Å². The van der Waals surface area contributed by atoms with E-state index in [9.17, 15) is 30.7 Å². The van der Waals surface area contributed by atoms with Crippen LogP contribution in [0.15, 0.2) is 6.20 Å². The van der Waals surface area contributed by atoms with Crippen LogP contribution in [0, 0.1) is 5.82 Å². The van der Waals surface area contributed by atoms with Crippen LogP contribution < -0.4 is 4.74 Å². The number of nitrogens with zero attached hydrogens (tertiary/aromatic N) is 1. The summed E-state index contributed by atoms with van der Waals surface area (Å²) in [5.74, 6) is -3.11. The van der Waals surface area contributed by atoms with Gasteiger partial charge in [0.25, 0.3) is 0 Å². The van der Waals surface area contributed by atoms with Crippen LogP contribution in [-0.2, 0) is 11.5 Å². The molecule has 1 rings (SSSR count). The molecule has 0 unspecified atom stereocenters. The molecule has 10 heteroatoms. The van der Waals surface area contributed by atoms with E-state index in [4.69, 9.17) is 0 Å². The number of rotatable bonds is 2. The van der Waals surface area contributed by atoms with Gasteiger partial charge in [0.1, 0.15) is 11.4 Å². The predicted molar refractivity (Wildman–Crippen MR) is 48.5 cm³/mol. The second-order valence-electron chi connectivity index (χ2n) is 2.95. The molecule has 0 amide bonds. The Hall–Kier alpha value is -1.06. The van der Waals surface area contributed by atoms with Crippen LogP contribution in [0.2, 0.25) is 0 Å². The van der Waals surface area contributed by atoms with Crippen LogP contribution in [0.4, 0.5) is 30.7 Å². The number of halogens is 8. The van der Waals surface area contributed by atoms with E-state index in [1.54, 1.807) is 0 Å². The van der Waals surface area contributed by atoms with E-state index in [-0.39, 0.29) is 6.20 Å². The minimum absolute atomic E-state index is 0.0530. The molecule has 0 fully saturated rings. The zero-order valence-electron chi connectivity index (χ0n) is 8.16. The fourth-order valence-electron chi connectivity index (χ4n) is 1.03. The molecule has 0 aliphatic rings. The lowest BCUT2D eigenvalue weighted by Gasteiger charge is -2.14. The highest BCUT2D eigenvalue weighted by Crippen LogP contribution is 2.36. The Balaban J connectivity index is 3.30. The van der Waals surface area contributed by atoms with Gasteiger partial charge in [-0.3, -0.25) is 0 Å². The van der Waals surface area contributed by atoms with Gasteiger partial charge in [-0.05, 0) is 0 Å². The van der Waals surface area contributed by atoms with Crippen molar-refractivity contribution in [3.63, 3.8) is 0 Å². The largest absolute Gasteiger partial charge is 0.574 e. The van der Waals surface area contributed by atoms with Gasteiger partial charge in [0.05, 0.1) is 5.56 Å². The Morgan fingerprint density at radius 2 is 1.72 bits per heavy atom. The molecular weight excluding hydrogens is 339 g/mol. The molecular formula is C8H3BrF7NO. The van der Waals surface area contributed by atoms with Gasteiger partial charge in [0.2, 0.25) is 5.88 Å². The first-order valence-electron chi connectivity index (χ1n) is 4.12. The zero-order chi connectivity index (χ0) is 14.1. The molecule has 18 heavy (non-hydrogen) atoms. The molecule has 0 aliphatic heterocycles. The summed E-state index contributed by atoms with van der Waals surface area (Å²) in [6.45, 7) is 0. The molecule has 0 aromatic carbocycles. The van der Waals surface area contributed by atoms with Crippen molar-refractivity contribution in [1.82, 2.24) is 4.98 Å². The lowest BCUT2D eigenvalue weighted by molar-refractivity contribution is -0.276. The number of pyridine rings is 1. The molecule has 102 valence electrons. The second kappa shape index (κ2) is 4.90. The first-order chi connectivity index (χ1) is 8.06. The first-order valence-corrected chi connectivity index (χ1v) is 5.24. The Morgan fingerprint density at radius 3 is 2.11 bits per heavy atom. The summed E-state index contributed by atoms with van der Waals surface area (Å²) in [6, 6.07) is 0. The van der Waals surface area contributed by atoms with Gasteiger partial charge in [-0.2, -0.15) is 13.2 Å². The Labute approximate surface area is 104 Å². The molecule has 0 N–H and O–H groups in total. The van der Waals surface area contributed by atoms with Gasteiger partial charge in [-0.25, -0.2) is 9.37 Å². The van der Waals surface area contributed by atoms with E-state index < -0.39 is 40.7 Å². The van der Waals surface area contributed by atoms with Gasteiger partial charge in [0.15, 0.2) is 0 Å². The molecule has 1 aromatic rings. The molecule has 0 spiro atoms. The monoisotopic (exact) mass is 341 g/mol. The SMILES string of the molecule is Fc1c(C(F)(F)F)cnc(OC(F)(F)F)c1CBr. The fourth-order valence-corrected chi connectivity index (χ4v) is 1.51. The van der Waals surface area contributed by atoms with Crippen molar-refractivity contribution in [3.05, 3.63) is 23.1 Å². The van der Waals surface area contributed by atoms with E-state index in [1.807, 2.05) is 0 Å². The van der Waals surface area contributed by atoms with E-state index in [0.717, 1.165) is 0 Å². The van der Waals surface area contributed by atoms with Crippen LogP contribution >= 0.6 is 15.9 Å². The third kappa shape index (κ3) is 3.47. The second-order valence-corrected chi connectivity index (χ2v) is 3.51. The summed E-state index contributed by atoms with van der Waals surface area (Å²) in [6.07, 6.45) is -10.3. The van der Waals surface area contributed by atoms with E-state index in [1.165, 1.54) is 0 Å². The van der Waals surface area contributed by atoms with Gasteiger partial charge in [0, 0.05) is 11.5 Å². The minimum atomic E-state index is -5.17. The Morgan fingerprint density at radius 1 is 1.17 bits per heavy atom. The van der Waals surface area contributed by atoms with Crippen LogP contribution in [-0.4, -0.2) is 11.3 Å². The summed E-state index contributed by atoms with van der Waals surface area (Å²) in [7, 11) is 0. The highest BCUT2D eigenvalue weighted by atomic mass is 79.9. The Bertz CT molecular complexity index is 442. The topological polar surface area (TPSA) is 22.1 Å². The van der Waals surface area contributed by atoms with Crippen molar-refractivity contribution in [2.45, 2.75) is 17.9 Å². The standard InChI is InChI=1S/C8H3BrF7NO/c9-1-3-5(10)4(7(11,12)13)2-17-6(3)18-8(14,15)16/h2H,1H2. The van der Waals surface area contributed by atoms with Gasteiger partial charge in [-0.1, -0.05) is 15.9 Å². The van der Waals surface area contributed by atoms with Crippen molar-refractivity contribution in [3.8, 4) is 5.88 Å². The third-order valence-corrected chi connectivity index (χ3v) is 2.28. The van der Waals surface area contributed by atoms with Crippen LogP contribution in [0.1, 0.15) is 11.1 Å². The average molecular weight is 342 g/mol. The van der Waals surface area contributed by atoms with E-state index >= 15 is 0 Å². The van der Waals surface area contributed by atoms with Crippen molar-refractivity contribution in [2.75, 3.05) is 0 Å². The minimum Gasteiger partial charge on any atom is -0.387 e. The molecule has 0 atom stereocenters. The molecule has 0 aliphatic carbocycles. The maximum Gasteiger partial charge on any atom is 0.574 e. The molecule has 1 aromatic heterocycles. The number of alkyl halides is 7. The van der Waals surface area contributed by atoms with Crippen molar-refractivity contribution in [1.29, 1.82) is 0 Å². The van der Waals surface area contributed by atoms with Gasteiger partial charge in [-0.15, -0.1) is 13.2 Å². The molecule has 0 saturated carbocycles. The normalized spacial score (nSPS) is 12.7. The quantitative estimate of drug-likeness (QED) is 0.598. The lowest BCUT2D eigenvalue weighted by Crippen LogP contribution is -2.20. The number of hydrogen-bond acceptors (Lipinski definition) is 2. The lowest BCUT2D eigenvalue weighted by atomic mass is 10.2. The maximum absolute atomic E-state index is 13.4. The molecule has 0 radical (unpaired) electrons. The number of aromatic nitrogens is 1. The predicted octanol–water partition coefficient (Wildman–Crippen LogP) is 4.03. The highest BCUT2D eigenvalue weighted by molar-refractivity contribution is 9.08. The highest BCUT2D eigenvalue weighted by Gasteiger charge is 2.39. The number of ether oxygens (including phenoxy) is 1. The Kier molecular flexibility index (Phi) is 4.08. The third-order valence-electron chi connectivity index (χ3n) is 1.72. The smallest absolute Gasteiger partial charge is 0.387 e. The summed E-state index contributed by atoms with van der Waals surface area (Å²) < 4.78 is 89.2. The van der Waals surface area contributed by atoms with E-state index in [0.29, 0.717) is 0 Å². The van der Waals surface area contributed by atoms with Gasteiger partial charge >= 0.3 is 12.5 Å². The summed E-state index contributed by atoms with van der Waals surface area (Å²) in [5, 5.41) is -0.610. The van der Waals surface area contributed by atoms with Crippen molar-refractivity contribution in [2.24, 2.45) is 0 Å². The van der Waals surface area contributed by atoms with Crippen LogP contribution in [0.25, 0.3) is 0 Å². The molecule has 0 saturated heterocycles. The fraction of sp³-hybridized carbons (Fsp3) is 0.375. The van der Waals surface area contributed by atoms with Crippen LogP contribution in [0.3, 0.4) is 0 Å². The first kappa shape index (κ1) is 15.0. The number of hydrogen-bond donors (Lipinski definition) is 0. The summed E-state index contributed by atoms with van der Waals surface area (Å²) in [4.78, 5) is 2.83. The zero-order valence-corrected chi connectivity index (χ0v) is 9.75. The van der Waals surface area contributed by atoms with Crippen molar-refractivity contribution >= 4 is 15.9 Å². The average Bonchev–Trinajstić information content (AvgIpc) is 2.13. The molecule has 1 heterocycles. The maximum atomic E-state index is 13.4. The molecule has 2 nitrogen and oxygen atoms in total. The van der Waals surface area contributed by atoms with E-state index in [2.05, 4.69) is 25.7 Å². The molecule has 0 bridgehead atoms. The van der Waals surface area contributed by atoms with Gasteiger partial charge < -0.3 is 4.74 Å². The summed E-state index contributed by atoms with van der Waals surface area (Å²) in [5.41, 5.74) is -2.71. The summed E-state index contributed by atoms with van der Waals surface area (Å²) >= 11 is 2.57. The van der Waals surface area contributed by atoms with Crippen molar-refractivity contribution < 1.29 is 35.5 Å².